The highest BCUT2D eigenvalue weighted by Crippen LogP contribution is 2.34. The average Bonchev–Trinajstić information content (AvgIpc) is 3.17. The monoisotopic (exact) mass is 291 g/mol. The first-order valence-electron chi connectivity index (χ1n) is 7.94. The molecule has 0 aliphatic carbocycles. The average molecular weight is 291 g/mol. The Kier molecular flexibility index (Phi) is 4.43. The van der Waals surface area contributed by atoms with Crippen molar-refractivity contribution >= 4 is 5.96 Å². The minimum atomic E-state index is 0.370. The minimum absolute atomic E-state index is 0.370. The fourth-order valence-electron chi connectivity index (χ4n) is 3.19. The Labute approximate surface area is 126 Å². The lowest BCUT2D eigenvalue weighted by atomic mass is 9.96. The zero-order chi connectivity index (χ0) is 14.7. The minimum Gasteiger partial charge on any atom is -0.373 e. The maximum atomic E-state index is 5.89. The van der Waals surface area contributed by atoms with E-state index in [-0.39, 0.29) is 0 Å². The van der Waals surface area contributed by atoms with Gasteiger partial charge in [0, 0.05) is 25.5 Å². The first kappa shape index (κ1) is 14.4. The van der Waals surface area contributed by atoms with E-state index in [1.165, 1.54) is 12.8 Å². The third kappa shape index (κ3) is 3.37. The van der Waals surface area contributed by atoms with Crippen molar-refractivity contribution in [2.75, 3.05) is 13.1 Å². The molecule has 21 heavy (non-hydrogen) atoms. The summed E-state index contributed by atoms with van der Waals surface area (Å²) in [4.78, 5) is 8.89. The summed E-state index contributed by atoms with van der Waals surface area (Å²) in [6.07, 6.45) is 8.16. The Morgan fingerprint density at radius 2 is 2.43 bits per heavy atom. The molecule has 1 aromatic heterocycles. The molecule has 3 rings (SSSR count). The number of imidazole rings is 1. The number of guanidine groups is 1. The molecule has 3 heterocycles. The summed E-state index contributed by atoms with van der Waals surface area (Å²) in [6.45, 7) is 6.58. The molecule has 0 spiro atoms. The second-order valence-electron chi connectivity index (χ2n) is 5.79. The highest BCUT2D eigenvalue weighted by Gasteiger charge is 2.41. The fraction of sp³-hybridized carbons (Fsp3) is 0.733. The normalized spacial score (nSPS) is 28.1. The van der Waals surface area contributed by atoms with Gasteiger partial charge in [0.05, 0.1) is 24.8 Å². The van der Waals surface area contributed by atoms with Crippen LogP contribution in [0.25, 0.3) is 0 Å². The lowest BCUT2D eigenvalue weighted by Gasteiger charge is -2.22. The van der Waals surface area contributed by atoms with Gasteiger partial charge in [-0.1, -0.05) is 0 Å². The zero-order valence-electron chi connectivity index (χ0n) is 12.9. The molecule has 3 atom stereocenters. The lowest BCUT2D eigenvalue weighted by molar-refractivity contribution is 0.0992. The Hall–Kier alpha value is -1.56. The molecule has 0 aromatic carbocycles. The van der Waals surface area contributed by atoms with Crippen molar-refractivity contribution < 1.29 is 4.74 Å². The number of nitrogens with zero attached hydrogens (tertiary/aromatic N) is 3. The molecule has 2 bridgehead atoms. The van der Waals surface area contributed by atoms with Crippen LogP contribution in [-0.4, -0.2) is 46.8 Å². The van der Waals surface area contributed by atoms with E-state index < -0.39 is 0 Å². The number of aryl methyl sites for hydroxylation is 1. The van der Waals surface area contributed by atoms with Crippen LogP contribution in [0.3, 0.4) is 0 Å². The number of aliphatic imine (C=N–C) groups is 1. The van der Waals surface area contributed by atoms with Gasteiger partial charge >= 0.3 is 0 Å². The highest BCUT2D eigenvalue weighted by atomic mass is 16.5. The topological polar surface area (TPSA) is 63.5 Å². The second kappa shape index (κ2) is 6.47. The number of nitrogens with one attached hydrogen (secondary N) is 2. The molecule has 2 fully saturated rings. The van der Waals surface area contributed by atoms with E-state index in [2.05, 4.69) is 32.1 Å². The highest BCUT2D eigenvalue weighted by molar-refractivity contribution is 5.80. The fourth-order valence-corrected chi connectivity index (χ4v) is 3.19. The number of aromatic nitrogens is 2. The molecule has 2 N–H and O–H groups in total. The standard InChI is InChI=1S/C15H25N5O/c1-3-16-15(18-7-9-20-8-6-17-11(20)2)19-13-10-12-4-5-14(13)21-12/h6,8,12-14H,3-5,7,9-10H2,1-2H3,(H2,16,18,19). The zero-order valence-corrected chi connectivity index (χ0v) is 12.9. The van der Waals surface area contributed by atoms with Crippen LogP contribution < -0.4 is 10.6 Å². The summed E-state index contributed by atoms with van der Waals surface area (Å²) >= 11 is 0. The maximum absolute atomic E-state index is 5.89. The molecule has 1 aromatic rings. The molecule has 3 unspecified atom stereocenters. The van der Waals surface area contributed by atoms with E-state index in [1.54, 1.807) is 0 Å². The van der Waals surface area contributed by atoms with Crippen molar-refractivity contribution in [3.05, 3.63) is 18.2 Å². The van der Waals surface area contributed by atoms with Crippen molar-refractivity contribution in [1.29, 1.82) is 0 Å². The van der Waals surface area contributed by atoms with Gasteiger partial charge < -0.3 is 19.9 Å². The van der Waals surface area contributed by atoms with Crippen molar-refractivity contribution in [2.24, 2.45) is 4.99 Å². The van der Waals surface area contributed by atoms with Crippen molar-refractivity contribution in [2.45, 2.75) is 57.9 Å². The van der Waals surface area contributed by atoms with Gasteiger partial charge in [0.25, 0.3) is 0 Å². The van der Waals surface area contributed by atoms with Crippen molar-refractivity contribution in [1.82, 2.24) is 20.2 Å². The van der Waals surface area contributed by atoms with Crippen LogP contribution in [0.2, 0.25) is 0 Å². The second-order valence-corrected chi connectivity index (χ2v) is 5.79. The van der Waals surface area contributed by atoms with Crippen molar-refractivity contribution in [3.8, 4) is 0 Å². The summed E-state index contributed by atoms with van der Waals surface area (Å²) < 4.78 is 8.00. The van der Waals surface area contributed by atoms with Gasteiger partial charge in [0.15, 0.2) is 5.96 Å². The molecule has 0 saturated carbocycles. The predicted octanol–water partition coefficient (Wildman–Crippen LogP) is 1.07. The molecule has 0 amide bonds. The molecule has 0 radical (unpaired) electrons. The van der Waals surface area contributed by atoms with Crippen molar-refractivity contribution in [3.63, 3.8) is 0 Å². The smallest absolute Gasteiger partial charge is 0.191 e. The number of fused-ring (bicyclic) bond motifs is 2. The Bertz CT molecular complexity index is 498. The van der Waals surface area contributed by atoms with Crippen LogP contribution in [0.1, 0.15) is 32.0 Å². The maximum Gasteiger partial charge on any atom is 0.191 e. The molecular weight excluding hydrogens is 266 g/mol. The van der Waals surface area contributed by atoms with Crippen LogP contribution in [0.15, 0.2) is 17.4 Å². The van der Waals surface area contributed by atoms with E-state index in [0.29, 0.717) is 18.2 Å². The predicted molar refractivity (Wildman–Crippen MR) is 82.4 cm³/mol. The van der Waals surface area contributed by atoms with Gasteiger partial charge in [-0.2, -0.15) is 0 Å². The molecular formula is C15H25N5O. The largest absolute Gasteiger partial charge is 0.373 e. The SMILES string of the molecule is CCNC(=NCCn1ccnc1C)NC1CC2CCC1O2. The van der Waals surface area contributed by atoms with Gasteiger partial charge in [-0.25, -0.2) is 4.98 Å². The van der Waals surface area contributed by atoms with Crippen LogP contribution >= 0.6 is 0 Å². The van der Waals surface area contributed by atoms with E-state index in [4.69, 9.17) is 4.74 Å². The van der Waals surface area contributed by atoms with E-state index >= 15 is 0 Å². The first-order valence-corrected chi connectivity index (χ1v) is 7.94. The molecule has 2 aliphatic heterocycles. The molecule has 6 nitrogen and oxygen atoms in total. The number of rotatable bonds is 5. The van der Waals surface area contributed by atoms with Gasteiger partial charge in [0.1, 0.15) is 5.82 Å². The summed E-state index contributed by atoms with van der Waals surface area (Å²) in [6, 6.07) is 0.413. The third-order valence-corrected chi connectivity index (χ3v) is 4.31. The third-order valence-electron chi connectivity index (χ3n) is 4.31. The van der Waals surface area contributed by atoms with E-state index in [9.17, 15) is 0 Å². The van der Waals surface area contributed by atoms with Crippen LogP contribution in [0.5, 0.6) is 0 Å². The summed E-state index contributed by atoms with van der Waals surface area (Å²) in [5.74, 6) is 1.93. The molecule has 2 saturated heterocycles. The Balaban J connectivity index is 1.53. The number of hydrogen-bond donors (Lipinski definition) is 2. The summed E-state index contributed by atoms with van der Waals surface area (Å²) in [7, 11) is 0. The van der Waals surface area contributed by atoms with Crippen LogP contribution in [-0.2, 0) is 11.3 Å². The van der Waals surface area contributed by atoms with Crippen LogP contribution in [0.4, 0.5) is 0 Å². The Morgan fingerprint density at radius 1 is 1.52 bits per heavy atom. The van der Waals surface area contributed by atoms with Gasteiger partial charge in [-0.05, 0) is 33.1 Å². The summed E-state index contributed by atoms with van der Waals surface area (Å²) in [5.41, 5.74) is 0. The van der Waals surface area contributed by atoms with E-state index in [1.807, 2.05) is 19.3 Å². The number of ether oxygens (including phenoxy) is 1. The summed E-state index contributed by atoms with van der Waals surface area (Å²) in [5, 5.41) is 6.85. The Morgan fingerprint density at radius 3 is 3.05 bits per heavy atom. The van der Waals surface area contributed by atoms with Gasteiger partial charge in [-0.3, -0.25) is 4.99 Å². The molecule has 2 aliphatic rings. The van der Waals surface area contributed by atoms with E-state index in [0.717, 1.165) is 37.8 Å². The quantitative estimate of drug-likeness (QED) is 0.629. The van der Waals surface area contributed by atoms with Gasteiger partial charge in [-0.15, -0.1) is 0 Å². The molecule has 6 heteroatoms. The first-order chi connectivity index (χ1) is 10.3. The molecule has 116 valence electrons. The van der Waals surface area contributed by atoms with Gasteiger partial charge in [0.2, 0.25) is 0 Å². The lowest BCUT2D eigenvalue weighted by Crippen LogP contribution is -2.47. The van der Waals surface area contributed by atoms with Crippen LogP contribution in [0, 0.1) is 6.92 Å². The number of hydrogen-bond acceptors (Lipinski definition) is 3.